The van der Waals surface area contributed by atoms with Gasteiger partial charge in [0.2, 0.25) is 0 Å². The third kappa shape index (κ3) is 2.17. The van der Waals surface area contributed by atoms with Crippen molar-refractivity contribution in [2.24, 2.45) is 0 Å². The van der Waals surface area contributed by atoms with E-state index in [0.717, 1.165) is 12.1 Å². The molecule has 1 aromatic rings. The number of hydrogen-bond donors (Lipinski definition) is 1. The standard InChI is InChI=1S/C8H9F2NO/c1-2-11-12-6-3-4-7(9)8(10)5-6/h3-5,11H,2H2,1H3. The Morgan fingerprint density at radius 1 is 1.33 bits per heavy atom. The Labute approximate surface area is 69.1 Å². The highest BCUT2D eigenvalue weighted by atomic mass is 19.2. The van der Waals surface area contributed by atoms with Crippen LogP contribution in [0.1, 0.15) is 6.92 Å². The van der Waals surface area contributed by atoms with Crippen molar-refractivity contribution in [3.8, 4) is 5.75 Å². The first-order valence-corrected chi connectivity index (χ1v) is 3.58. The lowest BCUT2D eigenvalue weighted by atomic mass is 10.3. The van der Waals surface area contributed by atoms with Crippen LogP contribution in [-0.4, -0.2) is 6.54 Å². The normalized spacial score (nSPS) is 9.92. The second-order valence-electron chi connectivity index (χ2n) is 2.18. The Bertz CT molecular complexity index is 265. The van der Waals surface area contributed by atoms with Crippen molar-refractivity contribution in [1.82, 2.24) is 5.48 Å². The molecule has 2 nitrogen and oxygen atoms in total. The summed E-state index contributed by atoms with van der Waals surface area (Å²) >= 11 is 0. The summed E-state index contributed by atoms with van der Waals surface area (Å²) in [5.74, 6) is -1.53. The Balaban J connectivity index is 2.69. The largest absolute Gasteiger partial charge is 0.409 e. The van der Waals surface area contributed by atoms with Gasteiger partial charge >= 0.3 is 0 Å². The van der Waals surface area contributed by atoms with Gasteiger partial charge in [-0.2, -0.15) is 5.48 Å². The van der Waals surface area contributed by atoms with Gasteiger partial charge in [0.1, 0.15) is 5.75 Å². The first-order chi connectivity index (χ1) is 5.74. The van der Waals surface area contributed by atoms with E-state index in [4.69, 9.17) is 4.84 Å². The molecule has 12 heavy (non-hydrogen) atoms. The molecule has 1 N–H and O–H groups in total. The molecule has 0 saturated heterocycles. The predicted molar refractivity (Wildman–Crippen MR) is 40.7 cm³/mol. The highest BCUT2D eigenvalue weighted by Gasteiger charge is 2.02. The first kappa shape index (κ1) is 8.93. The molecule has 4 heteroatoms. The van der Waals surface area contributed by atoms with Gasteiger partial charge in [0, 0.05) is 12.6 Å². The van der Waals surface area contributed by atoms with Gasteiger partial charge in [-0.1, -0.05) is 0 Å². The summed E-state index contributed by atoms with van der Waals surface area (Å²) in [6.45, 7) is 2.43. The lowest BCUT2D eigenvalue weighted by molar-refractivity contribution is 0.201. The van der Waals surface area contributed by atoms with Crippen LogP contribution in [0.5, 0.6) is 5.75 Å². The van der Waals surface area contributed by atoms with E-state index in [1.165, 1.54) is 6.07 Å². The fourth-order valence-electron chi connectivity index (χ4n) is 0.696. The quantitative estimate of drug-likeness (QED) is 0.704. The molecule has 0 saturated carbocycles. The number of hydrogen-bond acceptors (Lipinski definition) is 2. The van der Waals surface area contributed by atoms with Crippen LogP contribution >= 0.6 is 0 Å². The molecule has 0 bridgehead atoms. The maximum absolute atomic E-state index is 12.5. The topological polar surface area (TPSA) is 21.3 Å². The van der Waals surface area contributed by atoms with Crippen LogP contribution in [-0.2, 0) is 0 Å². The van der Waals surface area contributed by atoms with Gasteiger partial charge in [0.05, 0.1) is 0 Å². The number of hydroxylamine groups is 1. The Kier molecular flexibility index (Phi) is 2.99. The molecule has 66 valence electrons. The van der Waals surface area contributed by atoms with E-state index < -0.39 is 11.6 Å². The molecule has 0 aliphatic rings. The zero-order valence-electron chi connectivity index (χ0n) is 6.60. The van der Waals surface area contributed by atoms with Gasteiger partial charge < -0.3 is 4.84 Å². The van der Waals surface area contributed by atoms with E-state index in [0.29, 0.717) is 6.54 Å². The van der Waals surface area contributed by atoms with Crippen molar-refractivity contribution < 1.29 is 13.6 Å². The van der Waals surface area contributed by atoms with Crippen LogP contribution in [0, 0.1) is 11.6 Å². The molecule has 0 aromatic heterocycles. The van der Waals surface area contributed by atoms with Crippen LogP contribution in [0.3, 0.4) is 0 Å². The molecular weight excluding hydrogens is 164 g/mol. The second-order valence-corrected chi connectivity index (χ2v) is 2.18. The highest BCUT2D eigenvalue weighted by molar-refractivity contribution is 5.23. The third-order valence-corrected chi connectivity index (χ3v) is 1.23. The van der Waals surface area contributed by atoms with Crippen LogP contribution in [0.2, 0.25) is 0 Å². The minimum absolute atomic E-state index is 0.260. The number of nitrogens with one attached hydrogen (secondary N) is 1. The lowest BCUT2D eigenvalue weighted by Gasteiger charge is -2.04. The summed E-state index contributed by atoms with van der Waals surface area (Å²) in [7, 11) is 0. The Morgan fingerprint density at radius 2 is 2.08 bits per heavy atom. The predicted octanol–water partition coefficient (Wildman–Crippen LogP) is 1.87. The molecule has 0 spiro atoms. The van der Waals surface area contributed by atoms with Crippen molar-refractivity contribution in [2.45, 2.75) is 6.92 Å². The summed E-state index contributed by atoms with van der Waals surface area (Å²) in [5, 5.41) is 0. The first-order valence-electron chi connectivity index (χ1n) is 3.58. The van der Waals surface area contributed by atoms with Crippen LogP contribution in [0.15, 0.2) is 18.2 Å². The number of halogens is 2. The zero-order chi connectivity index (χ0) is 8.97. The molecule has 0 amide bonds. The van der Waals surface area contributed by atoms with Crippen LogP contribution in [0.4, 0.5) is 8.78 Å². The molecule has 1 rings (SSSR count). The molecule has 0 atom stereocenters. The van der Waals surface area contributed by atoms with Gasteiger partial charge in [0.15, 0.2) is 11.6 Å². The summed E-state index contributed by atoms with van der Waals surface area (Å²) in [4.78, 5) is 4.83. The van der Waals surface area contributed by atoms with E-state index in [1.54, 1.807) is 0 Å². The van der Waals surface area contributed by atoms with E-state index in [1.807, 2.05) is 6.92 Å². The minimum atomic E-state index is -0.912. The molecule has 1 aromatic carbocycles. The van der Waals surface area contributed by atoms with Gasteiger partial charge in [-0.05, 0) is 19.1 Å². The maximum atomic E-state index is 12.5. The summed E-state index contributed by atoms with van der Waals surface area (Å²) in [5.41, 5.74) is 2.52. The van der Waals surface area contributed by atoms with E-state index >= 15 is 0 Å². The molecular formula is C8H9F2NO. The SMILES string of the molecule is CCNOc1ccc(F)c(F)c1. The summed E-state index contributed by atoms with van der Waals surface area (Å²) < 4.78 is 24.9. The summed E-state index contributed by atoms with van der Waals surface area (Å²) in [6.07, 6.45) is 0. The molecule has 0 aliphatic carbocycles. The van der Waals surface area contributed by atoms with Crippen LogP contribution in [0.25, 0.3) is 0 Å². The fourth-order valence-corrected chi connectivity index (χ4v) is 0.696. The molecule has 0 heterocycles. The fraction of sp³-hybridized carbons (Fsp3) is 0.250. The number of rotatable bonds is 3. The van der Waals surface area contributed by atoms with E-state index in [-0.39, 0.29) is 5.75 Å². The number of benzene rings is 1. The zero-order valence-corrected chi connectivity index (χ0v) is 6.60. The second kappa shape index (κ2) is 4.01. The molecule has 0 radical (unpaired) electrons. The highest BCUT2D eigenvalue weighted by Crippen LogP contribution is 2.14. The Morgan fingerprint density at radius 3 is 2.67 bits per heavy atom. The smallest absolute Gasteiger partial charge is 0.162 e. The monoisotopic (exact) mass is 173 g/mol. The van der Waals surface area contributed by atoms with Crippen LogP contribution < -0.4 is 10.3 Å². The minimum Gasteiger partial charge on any atom is -0.409 e. The molecule has 0 fully saturated rings. The van der Waals surface area contributed by atoms with Gasteiger partial charge in [0.25, 0.3) is 0 Å². The van der Waals surface area contributed by atoms with Gasteiger partial charge in [-0.15, -0.1) is 0 Å². The molecule has 0 aliphatic heterocycles. The third-order valence-electron chi connectivity index (χ3n) is 1.23. The van der Waals surface area contributed by atoms with Gasteiger partial charge in [-0.25, -0.2) is 8.78 Å². The van der Waals surface area contributed by atoms with E-state index in [9.17, 15) is 8.78 Å². The van der Waals surface area contributed by atoms with Crippen molar-refractivity contribution in [3.63, 3.8) is 0 Å². The summed E-state index contributed by atoms with van der Waals surface area (Å²) in [6, 6.07) is 3.35. The van der Waals surface area contributed by atoms with Crippen molar-refractivity contribution in [3.05, 3.63) is 29.8 Å². The average molecular weight is 173 g/mol. The van der Waals surface area contributed by atoms with E-state index in [2.05, 4.69) is 5.48 Å². The average Bonchev–Trinajstić information content (AvgIpc) is 2.07. The lowest BCUT2D eigenvalue weighted by Crippen LogP contribution is -2.17. The molecule has 0 unspecified atom stereocenters. The maximum Gasteiger partial charge on any atom is 0.162 e. The van der Waals surface area contributed by atoms with Crippen molar-refractivity contribution >= 4 is 0 Å². The van der Waals surface area contributed by atoms with Crippen molar-refractivity contribution in [2.75, 3.05) is 6.54 Å². The van der Waals surface area contributed by atoms with Gasteiger partial charge in [-0.3, -0.25) is 0 Å². The Hall–Kier alpha value is -1.16. The van der Waals surface area contributed by atoms with Crippen molar-refractivity contribution in [1.29, 1.82) is 0 Å².